The van der Waals surface area contributed by atoms with Crippen molar-refractivity contribution < 1.29 is 9.59 Å². The van der Waals surface area contributed by atoms with Crippen molar-refractivity contribution in [1.29, 1.82) is 0 Å². The molecule has 4 rings (SSSR count). The van der Waals surface area contributed by atoms with Crippen LogP contribution in [0, 0.1) is 5.41 Å². The molecule has 2 aliphatic heterocycles. The number of nitrogen functional groups attached to an aromatic ring is 1. The second kappa shape index (κ2) is 6.63. The van der Waals surface area contributed by atoms with Crippen LogP contribution >= 0.6 is 0 Å². The molecule has 8 nitrogen and oxygen atoms in total. The summed E-state index contributed by atoms with van der Waals surface area (Å²) < 4.78 is 0. The Kier molecular flexibility index (Phi) is 4.26. The first-order valence-electron chi connectivity index (χ1n) is 9.09. The smallest absolute Gasteiger partial charge is 0.322 e. The van der Waals surface area contributed by atoms with E-state index in [-0.39, 0.29) is 11.9 Å². The number of carbonyl (C=O) groups excluding carboxylic acids is 2. The summed E-state index contributed by atoms with van der Waals surface area (Å²) in [5, 5.41) is 7.07. The molecule has 0 aliphatic carbocycles. The van der Waals surface area contributed by atoms with Crippen LogP contribution in [0.3, 0.4) is 0 Å². The highest BCUT2D eigenvalue weighted by Crippen LogP contribution is 2.27. The van der Waals surface area contributed by atoms with Crippen LogP contribution in [-0.2, 0) is 17.9 Å². The molecule has 0 unspecified atom stereocenters. The number of pyridine rings is 1. The van der Waals surface area contributed by atoms with E-state index in [1.807, 2.05) is 44.2 Å². The Balaban J connectivity index is 1.41. The van der Waals surface area contributed by atoms with Crippen LogP contribution < -0.4 is 16.5 Å². The first-order chi connectivity index (χ1) is 13.3. The van der Waals surface area contributed by atoms with E-state index in [1.54, 1.807) is 11.0 Å². The number of anilines is 2. The van der Waals surface area contributed by atoms with E-state index in [0.717, 1.165) is 22.5 Å². The molecule has 144 valence electrons. The molecular weight excluding hydrogens is 356 g/mol. The first-order valence-corrected chi connectivity index (χ1v) is 9.09. The fourth-order valence-corrected chi connectivity index (χ4v) is 3.34. The van der Waals surface area contributed by atoms with E-state index in [0.29, 0.717) is 31.0 Å². The quantitative estimate of drug-likeness (QED) is 0.745. The van der Waals surface area contributed by atoms with Crippen LogP contribution in [-0.4, -0.2) is 27.5 Å². The topological polar surface area (TPSA) is 113 Å². The molecule has 0 atom stereocenters. The standard InChI is InChI=1S/C20H22N6O2/c1-20(2)9-15(24-25-18(20)27)12-3-6-14(7-4-12)22-19(28)26-10-13-5-8-17(21)23-16(13)11-26/h3-8H,9-11H2,1-2H3,(H2,21,23)(H,22,28)(H,25,27). The minimum Gasteiger partial charge on any atom is -0.384 e. The average Bonchev–Trinajstić information content (AvgIpc) is 3.08. The van der Waals surface area contributed by atoms with Crippen LogP contribution in [0.4, 0.5) is 16.3 Å². The van der Waals surface area contributed by atoms with Gasteiger partial charge >= 0.3 is 6.03 Å². The number of hydrogen-bond donors (Lipinski definition) is 3. The molecule has 1 aromatic heterocycles. The summed E-state index contributed by atoms with van der Waals surface area (Å²) in [6.45, 7) is 4.73. The monoisotopic (exact) mass is 378 g/mol. The molecule has 0 fully saturated rings. The van der Waals surface area contributed by atoms with Gasteiger partial charge in [0.05, 0.1) is 23.4 Å². The number of hydrogen-bond acceptors (Lipinski definition) is 5. The third kappa shape index (κ3) is 3.40. The van der Waals surface area contributed by atoms with Gasteiger partial charge in [-0.25, -0.2) is 15.2 Å². The molecule has 1 aromatic carbocycles. The molecule has 3 heterocycles. The van der Waals surface area contributed by atoms with Crippen molar-refractivity contribution in [3.8, 4) is 0 Å². The van der Waals surface area contributed by atoms with E-state index < -0.39 is 5.41 Å². The zero-order chi connectivity index (χ0) is 19.9. The number of carbonyl (C=O) groups is 2. The molecule has 4 N–H and O–H groups in total. The second-order valence-corrected chi connectivity index (χ2v) is 7.77. The number of amides is 3. The summed E-state index contributed by atoms with van der Waals surface area (Å²) in [6, 6.07) is 10.9. The minimum atomic E-state index is -0.494. The first kappa shape index (κ1) is 18.0. The van der Waals surface area contributed by atoms with Crippen molar-refractivity contribution in [3.05, 3.63) is 53.2 Å². The summed E-state index contributed by atoms with van der Waals surface area (Å²) >= 11 is 0. The van der Waals surface area contributed by atoms with Gasteiger partial charge in [-0.3, -0.25) is 4.79 Å². The van der Waals surface area contributed by atoms with Crippen molar-refractivity contribution in [2.75, 3.05) is 11.1 Å². The molecule has 0 saturated carbocycles. The number of fused-ring (bicyclic) bond motifs is 1. The van der Waals surface area contributed by atoms with Gasteiger partial charge in [0.2, 0.25) is 5.91 Å². The molecular formula is C20H22N6O2. The maximum Gasteiger partial charge on any atom is 0.322 e. The number of rotatable bonds is 2. The Morgan fingerprint density at radius 3 is 2.64 bits per heavy atom. The Hall–Kier alpha value is -3.42. The fraction of sp³-hybridized carbons (Fsp3) is 0.300. The van der Waals surface area contributed by atoms with Gasteiger partial charge < -0.3 is 16.0 Å². The Morgan fingerprint density at radius 1 is 1.18 bits per heavy atom. The van der Waals surface area contributed by atoms with Crippen LogP contribution in [0.1, 0.15) is 37.1 Å². The number of urea groups is 1. The number of aromatic nitrogens is 1. The second-order valence-electron chi connectivity index (χ2n) is 7.77. The molecule has 0 saturated heterocycles. The molecule has 2 aliphatic rings. The SMILES string of the molecule is CC1(C)CC(c2ccc(NC(=O)N3Cc4ccc(N)nc4C3)cc2)=NNC1=O. The van der Waals surface area contributed by atoms with E-state index in [9.17, 15) is 9.59 Å². The van der Waals surface area contributed by atoms with Crippen molar-refractivity contribution >= 4 is 29.2 Å². The van der Waals surface area contributed by atoms with Crippen LogP contribution in [0.15, 0.2) is 41.5 Å². The highest BCUT2D eigenvalue weighted by Gasteiger charge is 2.33. The largest absolute Gasteiger partial charge is 0.384 e. The molecule has 0 bridgehead atoms. The lowest BCUT2D eigenvalue weighted by Crippen LogP contribution is -2.40. The summed E-state index contributed by atoms with van der Waals surface area (Å²) in [4.78, 5) is 30.3. The fourth-order valence-electron chi connectivity index (χ4n) is 3.34. The number of hydrazone groups is 1. The average molecular weight is 378 g/mol. The van der Waals surface area contributed by atoms with Gasteiger partial charge in [-0.1, -0.05) is 32.0 Å². The molecule has 0 spiro atoms. The number of nitrogens with one attached hydrogen (secondary N) is 2. The predicted octanol–water partition coefficient (Wildman–Crippen LogP) is 2.46. The third-order valence-electron chi connectivity index (χ3n) is 5.06. The van der Waals surface area contributed by atoms with Gasteiger partial charge in [0, 0.05) is 18.7 Å². The normalized spacial score (nSPS) is 17.6. The lowest BCUT2D eigenvalue weighted by molar-refractivity contribution is -0.129. The number of benzene rings is 1. The number of nitrogens with zero attached hydrogens (tertiary/aromatic N) is 3. The highest BCUT2D eigenvalue weighted by molar-refractivity contribution is 6.06. The molecule has 8 heteroatoms. The molecule has 2 aromatic rings. The molecule has 0 radical (unpaired) electrons. The maximum atomic E-state index is 12.6. The Labute approximate surface area is 162 Å². The third-order valence-corrected chi connectivity index (χ3v) is 5.06. The van der Waals surface area contributed by atoms with Gasteiger partial charge in [0.15, 0.2) is 0 Å². The van der Waals surface area contributed by atoms with Crippen molar-refractivity contribution in [2.24, 2.45) is 10.5 Å². The Morgan fingerprint density at radius 2 is 1.93 bits per heavy atom. The van der Waals surface area contributed by atoms with Crippen molar-refractivity contribution in [1.82, 2.24) is 15.3 Å². The van der Waals surface area contributed by atoms with Gasteiger partial charge in [-0.2, -0.15) is 5.10 Å². The zero-order valence-corrected chi connectivity index (χ0v) is 15.8. The van der Waals surface area contributed by atoms with E-state index >= 15 is 0 Å². The maximum absolute atomic E-state index is 12.6. The Bertz CT molecular complexity index is 981. The molecule has 28 heavy (non-hydrogen) atoms. The van der Waals surface area contributed by atoms with Gasteiger partial charge in [-0.05, 0) is 29.3 Å². The van der Waals surface area contributed by atoms with Crippen LogP contribution in [0.25, 0.3) is 0 Å². The predicted molar refractivity (Wildman–Crippen MR) is 106 cm³/mol. The summed E-state index contributed by atoms with van der Waals surface area (Å²) in [7, 11) is 0. The van der Waals surface area contributed by atoms with Gasteiger partial charge in [-0.15, -0.1) is 0 Å². The summed E-state index contributed by atoms with van der Waals surface area (Å²) in [5.74, 6) is 0.379. The lowest BCUT2D eigenvalue weighted by atomic mass is 9.83. The van der Waals surface area contributed by atoms with Crippen LogP contribution in [0.2, 0.25) is 0 Å². The van der Waals surface area contributed by atoms with E-state index in [1.165, 1.54) is 0 Å². The van der Waals surface area contributed by atoms with Gasteiger partial charge in [0.25, 0.3) is 0 Å². The van der Waals surface area contributed by atoms with Crippen molar-refractivity contribution in [2.45, 2.75) is 33.4 Å². The summed E-state index contributed by atoms with van der Waals surface area (Å²) in [5.41, 5.74) is 12.1. The van der Waals surface area contributed by atoms with Gasteiger partial charge in [0.1, 0.15) is 5.82 Å². The highest BCUT2D eigenvalue weighted by atomic mass is 16.2. The zero-order valence-electron chi connectivity index (χ0n) is 15.8. The molecule has 3 amide bonds. The number of nitrogens with two attached hydrogens (primary N) is 1. The van der Waals surface area contributed by atoms with Crippen LogP contribution in [0.5, 0.6) is 0 Å². The van der Waals surface area contributed by atoms with E-state index in [4.69, 9.17) is 5.73 Å². The van der Waals surface area contributed by atoms with Crippen molar-refractivity contribution in [3.63, 3.8) is 0 Å². The minimum absolute atomic E-state index is 0.0806. The summed E-state index contributed by atoms with van der Waals surface area (Å²) in [6.07, 6.45) is 0.562. The lowest BCUT2D eigenvalue weighted by Gasteiger charge is -2.27. The van der Waals surface area contributed by atoms with E-state index in [2.05, 4.69) is 20.8 Å².